The Kier molecular flexibility index (Phi) is 5.19. The molecule has 1 N–H and O–H groups in total. The topological polar surface area (TPSA) is 66.5 Å². The average Bonchev–Trinajstić information content (AvgIpc) is 3.24. The number of amides is 3. The van der Waals surface area contributed by atoms with E-state index in [1.165, 1.54) is 4.90 Å². The number of imide groups is 1. The molecular formula is C21H24Br2N2O3. The Morgan fingerprint density at radius 3 is 2.00 bits per heavy atom. The van der Waals surface area contributed by atoms with Crippen LogP contribution in [0.1, 0.15) is 25.8 Å². The maximum absolute atomic E-state index is 13.3. The fourth-order valence-corrected chi connectivity index (χ4v) is 7.09. The highest BCUT2D eigenvalue weighted by Crippen LogP contribution is 2.60. The second-order valence-corrected chi connectivity index (χ2v) is 10.7. The summed E-state index contributed by atoms with van der Waals surface area (Å²) in [7, 11) is 0. The number of halogens is 2. The van der Waals surface area contributed by atoms with Gasteiger partial charge in [-0.2, -0.15) is 0 Å². The van der Waals surface area contributed by atoms with Crippen molar-refractivity contribution in [1.29, 1.82) is 0 Å². The van der Waals surface area contributed by atoms with Crippen molar-refractivity contribution < 1.29 is 14.4 Å². The van der Waals surface area contributed by atoms with Gasteiger partial charge in [-0.25, -0.2) is 0 Å². The van der Waals surface area contributed by atoms with E-state index in [4.69, 9.17) is 0 Å². The zero-order chi connectivity index (χ0) is 20.3. The molecule has 3 aliphatic rings. The quantitative estimate of drug-likeness (QED) is 0.494. The standard InChI is InChI=1S/C21H24Br2N2O3/c1-9(2)18(19(26)24-11-6-4-10(3)5-7-11)25-20(27)14-12-8-13(15(14)21(25)28)17(23)16(12)22/h4-7,9,12-18H,8H2,1-3H3,(H,24,26)/t12-,13-,14-,15-,16-,17+,18-/m0/s1. The van der Waals surface area contributed by atoms with Gasteiger partial charge in [0.05, 0.1) is 11.8 Å². The summed E-state index contributed by atoms with van der Waals surface area (Å²) in [5, 5.41) is 2.89. The minimum Gasteiger partial charge on any atom is -0.324 e. The Morgan fingerprint density at radius 2 is 1.54 bits per heavy atom. The van der Waals surface area contributed by atoms with Crippen LogP contribution >= 0.6 is 31.9 Å². The van der Waals surface area contributed by atoms with Gasteiger partial charge in [0.1, 0.15) is 6.04 Å². The number of anilines is 1. The van der Waals surface area contributed by atoms with Crippen molar-refractivity contribution in [3.8, 4) is 0 Å². The number of aryl methyl sites for hydroxylation is 1. The highest BCUT2D eigenvalue weighted by molar-refractivity contribution is 9.12. The predicted molar refractivity (Wildman–Crippen MR) is 114 cm³/mol. The van der Waals surface area contributed by atoms with Gasteiger partial charge < -0.3 is 5.32 Å². The molecule has 28 heavy (non-hydrogen) atoms. The third kappa shape index (κ3) is 2.96. The van der Waals surface area contributed by atoms with Crippen LogP contribution < -0.4 is 5.32 Å². The van der Waals surface area contributed by atoms with Crippen LogP contribution in [0.25, 0.3) is 0 Å². The number of carbonyl (C=O) groups excluding carboxylic acids is 3. The van der Waals surface area contributed by atoms with Crippen LogP contribution in [0.2, 0.25) is 0 Å². The zero-order valence-electron chi connectivity index (χ0n) is 16.1. The number of alkyl halides is 2. The maximum Gasteiger partial charge on any atom is 0.247 e. The SMILES string of the molecule is Cc1ccc(NC(=O)[C@H](C(C)C)N2C(=O)[C@H]3[C@@H]4C[C@H]([C@@H](Br)[C@H]4Br)[C@@H]3C2=O)cc1. The summed E-state index contributed by atoms with van der Waals surface area (Å²) in [4.78, 5) is 41.3. The van der Waals surface area contributed by atoms with Crippen LogP contribution in [0.5, 0.6) is 0 Å². The first-order valence-electron chi connectivity index (χ1n) is 9.75. The van der Waals surface area contributed by atoms with E-state index < -0.39 is 6.04 Å². The van der Waals surface area contributed by atoms with Crippen LogP contribution in [0.15, 0.2) is 24.3 Å². The third-order valence-corrected chi connectivity index (χ3v) is 9.73. The number of nitrogens with zero attached hydrogens (tertiary/aromatic N) is 1. The number of likely N-dealkylation sites (tertiary alicyclic amines) is 1. The summed E-state index contributed by atoms with van der Waals surface area (Å²) in [5.74, 6) is -1.14. The fourth-order valence-electron chi connectivity index (χ4n) is 5.22. The molecule has 1 saturated heterocycles. The van der Waals surface area contributed by atoms with Crippen LogP contribution in [0.3, 0.4) is 0 Å². The van der Waals surface area contributed by atoms with E-state index >= 15 is 0 Å². The summed E-state index contributed by atoms with van der Waals surface area (Å²) in [6.45, 7) is 5.73. The molecule has 0 radical (unpaired) electrons. The number of hydrogen-bond donors (Lipinski definition) is 1. The molecular weight excluding hydrogens is 488 g/mol. The zero-order valence-corrected chi connectivity index (χ0v) is 19.2. The van der Waals surface area contributed by atoms with Crippen LogP contribution in [0, 0.1) is 36.5 Å². The predicted octanol–water partition coefficient (Wildman–Crippen LogP) is 3.74. The van der Waals surface area contributed by atoms with Gasteiger partial charge >= 0.3 is 0 Å². The molecule has 2 bridgehead atoms. The van der Waals surface area contributed by atoms with Crippen LogP contribution in [-0.4, -0.2) is 38.3 Å². The lowest BCUT2D eigenvalue weighted by Crippen LogP contribution is -2.51. The van der Waals surface area contributed by atoms with E-state index in [0.29, 0.717) is 5.69 Å². The number of hydrogen-bond acceptors (Lipinski definition) is 3. The van der Waals surface area contributed by atoms with E-state index in [-0.39, 0.29) is 57.0 Å². The van der Waals surface area contributed by atoms with Crippen molar-refractivity contribution in [3.05, 3.63) is 29.8 Å². The molecule has 0 unspecified atom stereocenters. The van der Waals surface area contributed by atoms with Crippen molar-refractivity contribution >= 4 is 55.3 Å². The van der Waals surface area contributed by atoms with E-state index in [1.54, 1.807) is 0 Å². The molecule has 1 aromatic carbocycles. The number of benzene rings is 1. The number of rotatable bonds is 4. The molecule has 150 valence electrons. The first-order valence-corrected chi connectivity index (χ1v) is 11.6. The van der Waals surface area contributed by atoms with E-state index in [9.17, 15) is 14.4 Å². The van der Waals surface area contributed by atoms with E-state index in [0.717, 1.165) is 12.0 Å². The lowest BCUT2D eigenvalue weighted by Gasteiger charge is -2.29. The van der Waals surface area contributed by atoms with E-state index in [2.05, 4.69) is 37.2 Å². The molecule has 2 saturated carbocycles. The van der Waals surface area contributed by atoms with Crippen molar-refractivity contribution in [2.24, 2.45) is 29.6 Å². The van der Waals surface area contributed by atoms with Gasteiger partial charge in [0.2, 0.25) is 17.7 Å². The molecule has 7 atom stereocenters. The number of nitrogens with one attached hydrogen (secondary N) is 1. The van der Waals surface area contributed by atoms with Crippen LogP contribution in [-0.2, 0) is 14.4 Å². The normalized spacial score (nSPS) is 34.9. The average molecular weight is 512 g/mol. The van der Waals surface area contributed by atoms with Crippen molar-refractivity contribution in [1.82, 2.24) is 4.90 Å². The Bertz CT molecular complexity index is 793. The summed E-state index contributed by atoms with van der Waals surface area (Å²) in [6.07, 6.45) is 0.883. The molecule has 0 aromatic heterocycles. The molecule has 1 aromatic rings. The van der Waals surface area contributed by atoms with E-state index in [1.807, 2.05) is 45.0 Å². The fraction of sp³-hybridized carbons (Fsp3) is 0.571. The van der Waals surface area contributed by atoms with Gasteiger partial charge in [0, 0.05) is 15.3 Å². The molecule has 0 spiro atoms. The highest BCUT2D eigenvalue weighted by atomic mass is 79.9. The Morgan fingerprint density at radius 1 is 1.04 bits per heavy atom. The van der Waals surface area contributed by atoms with Gasteiger partial charge in [-0.05, 0) is 43.2 Å². The Labute approximate surface area is 181 Å². The molecule has 7 heteroatoms. The summed E-state index contributed by atoms with van der Waals surface area (Å²) < 4.78 is 0. The van der Waals surface area contributed by atoms with Crippen molar-refractivity contribution in [2.45, 2.75) is 42.9 Å². The monoisotopic (exact) mass is 510 g/mol. The number of carbonyl (C=O) groups is 3. The second-order valence-electron chi connectivity index (χ2n) is 8.59. The maximum atomic E-state index is 13.3. The third-order valence-electron chi connectivity index (χ3n) is 6.52. The summed E-state index contributed by atoms with van der Waals surface area (Å²) in [5.41, 5.74) is 1.77. The number of fused-ring (bicyclic) bond motifs is 5. The van der Waals surface area contributed by atoms with Gasteiger partial charge in [0.25, 0.3) is 0 Å². The van der Waals surface area contributed by atoms with Crippen molar-refractivity contribution in [2.75, 3.05) is 5.32 Å². The smallest absolute Gasteiger partial charge is 0.247 e. The van der Waals surface area contributed by atoms with Gasteiger partial charge in [-0.3, -0.25) is 19.3 Å². The Hall–Kier alpha value is -1.21. The lowest BCUT2D eigenvalue weighted by molar-refractivity contribution is -0.148. The molecule has 2 aliphatic carbocycles. The van der Waals surface area contributed by atoms with Gasteiger partial charge in [-0.15, -0.1) is 0 Å². The minimum absolute atomic E-state index is 0.147. The highest BCUT2D eigenvalue weighted by Gasteiger charge is 2.67. The molecule has 4 rings (SSSR count). The summed E-state index contributed by atoms with van der Waals surface area (Å²) >= 11 is 7.40. The molecule has 3 amide bonds. The van der Waals surface area contributed by atoms with Gasteiger partial charge in [0.15, 0.2) is 0 Å². The first-order chi connectivity index (χ1) is 13.2. The van der Waals surface area contributed by atoms with Gasteiger partial charge in [-0.1, -0.05) is 63.4 Å². The van der Waals surface area contributed by atoms with Crippen molar-refractivity contribution in [3.63, 3.8) is 0 Å². The second kappa shape index (κ2) is 7.24. The summed E-state index contributed by atoms with van der Waals surface area (Å²) in [6, 6.07) is 6.70. The minimum atomic E-state index is -0.797. The molecule has 1 aliphatic heterocycles. The lowest BCUT2D eigenvalue weighted by atomic mass is 9.81. The first kappa shape index (κ1) is 20.1. The largest absolute Gasteiger partial charge is 0.324 e. The molecule has 3 fully saturated rings. The molecule has 5 nitrogen and oxygen atoms in total. The van der Waals surface area contributed by atoms with Crippen LogP contribution in [0.4, 0.5) is 5.69 Å². The molecule has 1 heterocycles. The Balaban J connectivity index is 1.60.